The highest BCUT2D eigenvalue weighted by molar-refractivity contribution is 6.38. The predicted octanol–water partition coefficient (Wildman–Crippen LogP) is 14.0. The zero-order chi connectivity index (χ0) is 72.9. The predicted molar refractivity (Wildman–Crippen MR) is 402 cm³/mol. The maximum Gasteiger partial charge on any atom is 0.253 e. The molecule has 21 nitrogen and oxygen atoms in total. The number of hydrogen-bond acceptors (Lipinski definition) is 16. The molecule has 4 aliphatic heterocycles. The van der Waals surface area contributed by atoms with Crippen LogP contribution in [0.5, 0.6) is 0 Å². The number of aromatic nitrogens is 6. The molecule has 0 saturated carbocycles. The molecule has 13 rings (SSSR count). The van der Waals surface area contributed by atoms with Crippen molar-refractivity contribution in [2.45, 2.75) is 98.4 Å². The van der Waals surface area contributed by atoms with Crippen molar-refractivity contribution in [1.82, 2.24) is 60.4 Å². The van der Waals surface area contributed by atoms with Crippen LogP contribution in [0.3, 0.4) is 0 Å². The number of carbonyl (C=O) groups is 4. The number of benzene rings is 6. The number of halogens is 4. The normalized spacial score (nSPS) is 16.4. The van der Waals surface area contributed by atoms with E-state index in [1.54, 1.807) is 53.4 Å². The lowest BCUT2D eigenvalue weighted by molar-refractivity contribution is -0.126. The zero-order valence-electron chi connectivity index (χ0n) is 58.2. The number of anilines is 2. The number of amides is 4. The van der Waals surface area contributed by atoms with E-state index in [4.69, 9.17) is 58.2 Å². The topological polar surface area (TPSA) is 232 Å². The number of nitriles is 2. The smallest absolute Gasteiger partial charge is 0.253 e. The Balaban J connectivity index is 0.000000164. The summed E-state index contributed by atoms with van der Waals surface area (Å²) in [5, 5.41) is 51.0. The molecule has 4 saturated heterocycles. The minimum atomic E-state index is 0.0333. The number of carbonyl (C=O) groups excluding carboxylic acids is 4. The fourth-order valence-corrected chi connectivity index (χ4v) is 13.2. The van der Waals surface area contributed by atoms with Gasteiger partial charge in [0.05, 0.1) is 29.8 Å². The van der Waals surface area contributed by atoms with E-state index < -0.39 is 0 Å². The van der Waals surface area contributed by atoms with Crippen LogP contribution in [0.2, 0.25) is 20.6 Å². The van der Waals surface area contributed by atoms with Gasteiger partial charge in [0.15, 0.2) is 37.9 Å². The van der Waals surface area contributed by atoms with Crippen molar-refractivity contribution in [1.29, 1.82) is 10.5 Å². The highest BCUT2D eigenvalue weighted by Crippen LogP contribution is 2.35. The van der Waals surface area contributed by atoms with E-state index in [0.717, 1.165) is 78.5 Å². The van der Waals surface area contributed by atoms with Crippen molar-refractivity contribution < 1.29 is 19.2 Å². The third-order valence-electron chi connectivity index (χ3n) is 17.6. The second-order valence-electron chi connectivity index (χ2n) is 25.2. The summed E-state index contributed by atoms with van der Waals surface area (Å²) in [5.74, 6) is 1.93. The number of nitrogens with zero attached hydrogens (tertiary/aromatic N) is 16. The Labute approximate surface area is 611 Å². The molecule has 0 bridgehead atoms. The maximum absolute atomic E-state index is 12.8. The average molecular weight is 1440 g/mol. The lowest BCUT2D eigenvalue weighted by atomic mass is 10.1. The Hall–Kier alpha value is -9.63. The van der Waals surface area contributed by atoms with Gasteiger partial charge in [0, 0.05) is 158 Å². The molecule has 6 aromatic carbocycles. The molecule has 101 heavy (non-hydrogen) atoms. The average Bonchev–Trinajstić information content (AvgIpc) is 1.02. The number of rotatable bonds is 8. The lowest BCUT2D eigenvalue weighted by Gasteiger charge is -2.40. The van der Waals surface area contributed by atoms with Crippen molar-refractivity contribution in [3.63, 3.8) is 0 Å². The Morgan fingerprint density at radius 3 is 1.33 bits per heavy atom. The van der Waals surface area contributed by atoms with Crippen LogP contribution in [-0.2, 0) is 4.79 Å². The first-order valence-electron chi connectivity index (χ1n) is 33.6. The van der Waals surface area contributed by atoms with E-state index in [1.807, 2.05) is 125 Å². The van der Waals surface area contributed by atoms with Gasteiger partial charge in [-0.05, 0) is 140 Å². The highest BCUT2D eigenvalue weighted by Gasteiger charge is 2.32. The Bertz CT molecular complexity index is 4450. The van der Waals surface area contributed by atoms with Gasteiger partial charge in [-0.15, -0.1) is 30.6 Å². The third-order valence-corrected chi connectivity index (χ3v) is 18.7. The zero-order valence-corrected chi connectivity index (χ0v) is 61.3. The summed E-state index contributed by atoms with van der Waals surface area (Å²) < 4.78 is 0. The Morgan fingerprint density at radius 2 is 0.950 bits per heavy atom. The molecule has 0 unspecified atom stereocenters. The Morgan fingerprint density at radius 1 is 0.545 bits per heavy atom. The van der Waals surface area contributed by atoms with Crippen molar-refractivity contribution >= 4 is 120 Å². The summed E-state index contributed by atoms with van der Waals surface area (Å²) in [6.45, 7) is 32.8. The van der Waals surface area contributed by atoms with E-state index >= 15 is 0 Å². The monoisotopic (exact) mass is 1440 g/mol. The van der Waals surface area contributed by atoms with Crippen LogP contribution >= 0.6 is 46.4 Å². The number of piperazine rings is 3. The minimum Gasteiger partial charge on any atom is -0.348 e. The van der Waals surface area contributed by atoms with Crippen molar-refractivity contribution in [2.24, 2.45) is 0 Å². The Kier molecular flexibility index (Phi) is 28.4. The second kappa shape index (κ2) is 37.2. The SMILES string of the molecule is CCN(C(C)C)C(C)C.CN1CCCC1=O.C[C@@H]1CN(C(=O)c2ccccc2)CCN1.C[C@@H]1CN(C(=O)c2ccccc2)CCN1c1nnc(Cl)c2ccc(C#N)cc12.N#Cc1ccc2c(Cl)nnc(Cl)c2c1.[C-]#[N+]c1ccc2c(N3CCN(C(=O)c4ccccc4)C[C@H]3C)nnc(Cl)c2c1. The summed E-state index contributed by atoms with van der Waals surface area (Å²) >= 11 is 24.0. The first-order chi connectivity index (χ1) is 48.5. The fourth-order valence-electron chi connectivity index (χ4n) is 12.4. The van der Waals surface area contributed by atoms with Crippen LogP contribution in [0.4, 0.5) is 17.3 Å². The molecule has 9 aromatic rings. The molecule has 4 fully saturated rings. The van der Waals surface area contributed by atoms with Gasteiger partial charge < -0.3 is 34.7 Å². The molecule has 7 heterocycles. The summed E-state index contributed by atoms with van der Waals surface area (Å²) in [7, 11) is 1.84. The highest BCUT2D eigenvalue weighted by atomic mass is 35.5. The van der Waals surface area contributed by atoms with Gasteiger partial charge in [-0.1, -0.05) is 120 Å². The van der Waals surface area contributed by atoms with Gasteiger partial charge in [0.2, 0.25) is 5.91 Å². The number of nitrogens with one attached hydrogen (secondary N) is 1. The maximum atomic E-state index is 12.8. The van der Waals surface area contributed by atoms with Gasteiger partial charge in [0.1, 0.15) is 0 Å². The second-order valence-corrected chi connectivity index (χ2v) is 26.7. The molecule has 3 aromatic heterocycles. The molecule has 25 heteroatoms. The van der Waals surface area contributed by atoms with Crippen LogP contribution in [0.1, 0.15) is 110 Å². The molecular formula is C76H83Cl4N17O4. The van der Waals surface area contributed by atoms with Gasteiger partial charge >= 0.3 is 0 Å². The number of fused-ring (bicyclic) bond motifs is 3. The third kappa shape index (κ3) is 20.3. The molecular weight excluding hydrogens is 1360 g/mol. The van der Waals surface area contributed by atoms with E-state index in [1.165, 1.54) is 0 Å². The molecule has 524 valence electrons. The number of likely N-dealkylation sites (tertiary alicyclic amines) is 1. The molecule has 3 atom stereocenters. The standard InChI is InChI=1S/2C21H18ClN5O.C12H16N2O.C9H3Cl2N3.C8H19N.C5H9NO/c1-14-13-26(21(28)15-6-4-3-5-7-15)10-11-27(14)20-17-9-8-16(23-2)12-18(17)19(22)24-25-20;1-14-13-26(21(28)16-5-3-2-4-6-16)9-10-27(14)20-18-11-15(12-23)7-8-17(18)19(22)24-25-20;1-10-9-14(8-7-13-10)12(15)11-5-3-2-4-6-11;10-8-6-2-1-5(4-12)3-7(6)9(11)14-13-8;1-6-9(7(2)3)8(4)5;1-6-4-2-3-5(6)7/h3-9,12,14H,10-11,13H2,1H3;2-8,11,14H,9-10,13H2,1H3;2-6,10,13H,7-9H2,1H3;1-3H;7-8H,6H2,1-5H3;2-4H2,1H3/t2*14-;10-;;;/m111.../s1. The molecule has 4 aliphatic rings. The van der Waals surface area contributed by atoms with Crippen LogP contribution in [0.25, 0.3) is 37.2 Å². The summed E-state index contributed by atoms with van der Waals surface area (Å²) in [6, 6.07) is 49.9. The molecule has 0 radical (unpaired) electrons. The number of hydrogen-bond donors (Lipinski definition) is 1. The van der Waals surface area contributed by atoms with Gasteiger partial charge in [-0.3, -0.25) is 24.1 Å². The van der Waals surface area contributed by atoms with E-state index in [9.17, 15) is 24.4 Å². The van der Waals surface area contributed by atoms with Crippen LogP contribution in [0.15, 0.2) is 146 Å². The van der Waals surface area contributed by atoms with Crippen molar-refractivity contribution in [3.05, 3.63) is 205 Å². The van der Waals surface area contributed by atoms with Crippen molar-refractivity contribution in [2.75, 3.05) is 88.8 Å². The van der Waals surface area contributed by atoms with Crippen LogP contribution in [0, 0.1) is 29.2 Å². The molecule has 1 N–H and O–H groups in total. The van der Waals surface area contributed by atoms with E-state index in [2.05, 4.69) is 117 Å². The lowest BCUT2D eigenvalue weighted by Crippen LogP contribution is -2.54. The largest absolute Gasteiger partial charge is 0.348 e. The van der Waals surface area contributed by atoms with Gasteiger partial charge in [-0.2, -0.15) is 10.5 Å². The summed E-state index contributed by atoms with van der Waals surface area (Å²) in [6.07, 6.45) is 1.81. The molecule has 0 aliphatic carbocycles. The van der Waals surface area contributed by atoms with Crippen LogP contribution in [-0.4, -0.2) is 188 Å². The quantitative estimate of drug-likeness (QED) is 0.139. The van der Waals surface area contributed by atoms with Crippen LogP contribution < -0.4 is 15.1 Å². The van der Waals surface area contributed by atoms with Gasteiger partial charge in [0.25, 0.3) is 17.7 Å². The van der Waals surface area contributed by atoms with E-state index in [0.29, 0.717) is 113 Å². The molecule has 0 spiro atoms. The van der Waals surface area contributed by atoms with E-state index in [-0.39, 0.29) is 45.3 Å². The first-order valence-corrected chi connectivity index (χ1v) is 35.1. The van der Waals surface area contributed by atoms with Gasteiger partial charge in [-0.25, -0.2) is 4.85 Å². The fraction of sp³-hybridized carbons (Fsp3) is 0.355. The minimum absolute atomic E-state index is 0.0333. The first kappa shape index (κ1) is 77.1. The molecule has 4 amide bonds. The van der Waals surface area contributed by atoms with Crippen molar-refractivity contribution in [3.8, 4) is 12.1 Å². The summed E-state index contributed by atoms with van der Waals surface area (Å²) in [4.78, 5) is 65.7. The summed E-state index contributed by atoms with van der Waals surface area (Å²) in [5.41, 5.74) is 3.75.